The molecular weight excluding hydrogens is 520 g/mol. The van der Waals surface area contributed by atoms with Gasteiger partial charge in [0.25, 0.3) is 11.8 Å². The number of anilines is 2. The minimum Gasteiger partial charge on any atom is -0.465 e. The minimum absolute atomic E-state index is 0.156. The Bertz CT molecular complexity index is 1480. The van der Waals surface area contributed by atoms with Gasteiger partial charge in [0, 0.05) is 43.0 Å². The molecule has 4 N–H and O–H groups in total. The molecule has 0 unspecified atom stereocenters. The number of amides is 2. The summed E-state index contributed by atoms with van der Waals surface area (Å²) in [7, 11) is 1.33. The Balaban J connectivity index is 1.36. The Morgan fingerprint density at radius 2 is 1.73 bits per heavy atom. The van der Waals surface area contributed by atoms with Gasteiger partial charge in [0.05, 0.1) is 35.7 Å². The lowest BCUT2D eigenvalue weighted by Crippen LogP contribution is -2.40. The molecule has 0 bridgehead atoms. The van der Waals surface area contributed by atoms with E-state index in [1.807, 2.05) is 55.5 Å². The van der Waals surface area contributed by atoms with E-state index in [0.717, 1.165) is 38.0 Å². The van der Waals surface area contributed by atoms with Gasteiger partial charge in [-0.05, 0) is 67.3 Å². The maximum absolute atomic E-state index is 13.3. The second kappa shape index (κ2) is 12.4. The number of aliphatic hydroxyl groups excluding tert-OH is 1. The van der Waals surface area contributed by atoms with E-state index in [0.29, 0.717) is 51.4 Å². The lowest BCUT2D eigenvalue weighted by atomic mass is 9.96. The summed E-state index contributed by atoms with van der Waals surface area (Å²) in [6.07, 6.45) is 1.32. The largest absolute Gasteiger partial charge is 0.465 e. The molecule has 3 aromatic carbocycles. The fraction of sp³-hybridized carbons (Fsp3) is 0.281. The van der Waals surface area contributed by atoms with Crippen LogP contribution in [0.3, 0.4) is 0 Å². The number of nitrogens with one attached hydrogen (secondary N) is 3. The normalized spacial score (nSPS) is 16.5. The van der Waals surface area contributed by atoms with Crippen LogP contribution in [0.5, 0.6) is 0 Å². The lowest BCUT2D eigenvalue weighted by Gasteiger charge is -2.29. The van der Waals surface area contributed by atoms with Gasteiger partial charge >= 0.3 is 5.97 Å². The van der Waals surface area contributed by atoms with Gasteiger partial charge in [0.1, 0.15) is 0 Å². The van der Waals surface area contributed by atoms with Gasteiger partial charge in [-0.1, -0.05) is 30.3 Å². The van der Waals surface area contributed by atoms with E-state index in [4.69, 9.17) is 4.74 Å². The molecule has 0 radical (unpaired) electrons. The standard InChI is InChI=1S/C32H34N4O5/c1-20-18-26-27(19-25(20)32(40)41-2)35-31(39)28(26)29(21-6-4-3-5-7-21)34-23-10-8-22(9-11-23)30(38)33-14-17-36-15-12-24(37)13-16-36/h3-11,18-19,24,34,37H,12-17H2,1-2H3,(H,33,38)(H,35,39)/b29-28-. The molecule has 2 heterocycles. The first-order valence-electron chi connectivity index (χ1n) is 13.7. The molecule has 41 heavy (non-hydrogen) atoms. The Hall–Kier alpha value is -4.47. The van der Waals surface area contributed by atoms with Crippen LogP contribution in [0.15, 0.2) is 66.7 Å². The number of methoxy groups -OCH3 is 1. The number of esters is 1. The van der Waals surface area contributed by atoms with Crippen molar-refractivity contribution in [1.82, 2.24) is 10.2 Å². The molecule has 3 aromatic rings. The molecule has 2 aliphatic heterocycles. The predicted molar refractivity (Wildman–Crippen MR) is 158 cm³/mol. The maximum atomic E-state index is 13.3. The number of nitrogens with zero attached hydrogens (tertiary/aromatic N) is 1. The maximum Gasteiger partial charge on any atom is 0.338 e. The Labute approximate surface area is 239 Å². The molecule has 0 spiro atoms. The van der Waals surface area contributed by atoms with Crippen LogP contribution in [-0.4, -0.2) is 67.2 Å². The molecule has 0 saturated carbocycles. The second-order valence-electron chi connectivity index (χ2n) is 10.3. The minimum atomic E-state index is -0.464. The van der Waals surface area contributed by atoms with Crippen molar-refractivity contribution in [1.29, 1.82) is 0 Å². The molecule has 1 fully saturated rings. The van der Waals surface area contributed by atoms with Crippen molar-refractivity contribution in [3.05, 3.63) is 94.5 Å². The number of carbonyl (C=O) groups is 3. The van der Waals surface area contributed by atoms with Crippen LogP contribution in [-0.2, 0) is 9.53 Å². The molecular formula is C32H34N4O5. The Morgan fingerprint density at radius 3 is 2.41 bits per heavy atom. The van der Waals surface area contributed by atoms with Crippen LogP contribution in [0.1, 0.15) is 50.2 Å². The summed E-state index contributed by atoms with van der Waals surface area (Å²) in [4.78, 5) is 40.5. The van der Waals surface area contributed by atoms with Gasteiger partial charge in [-0.15, -0.1) is 0 Å². The molecule has 9 heteroatoms. The highest BCUT2D eigenvalue weighted by Gasteiger charge is 2.30. The fourth-order valence-corrected chi connectivity index (χ4v) is 5.21. The summed E-state index contributed by atoms with van der Waals surface area (Å²) in [5.74, 6) is -0.906. The van der Waals surface area contributed by atoms with Crippen LogP contribution < -0.4 is 16.0 Å². The number of piperidine rings is 1. The number of rotatable bonds is 8. The molecule has 1 saturated heterocycles. The van der Waals surface area contributed by atoms with E-state index in [-0.39, 0.29) is 17.9 Å². The number of benzene rings is 3. The van der Waals surface area contributed by atoms with Gasteiger partial charge in [-0.3, -0.25) is 9.59 Å². The number of ether oxygens (including phenoxy) is 1. The second-order valence-corrected chi connectivity index (χ2v) is 10.3. The zero-order valence-corrected chi connectivity index (χ0v) is 23.2. The number of hydrogen-bond donors (Lipinski definition) is 4. The van der Waals surface area contributed by atoms with Crippen LogP contribution in [0.2, 0.25) is 0 Å². The van der Waals surface area contributed by atoms with E-state index in [2.05, 4.69) is 20.9 Å². The van der Waals surface area contributed by atoms with Crippen molar-refractivity contribution < 1.29 is 24.2 Å². The summed E-state index contributed by atoms with van der Waals surface area (Å²) < 4.78 is 4.89. The Morgan fingerprint density at radius 1 is 1.02 bits per heavy atom. The first kappa shape index (κ1) is 28.1. The van der Waals surface area contributed by atoms with Gasteiger partial charge in [0.15, 0.2) is 0 Å². The predicted octanol–water partition coefficient (Wildman–Crippen LogP) is 3.90. The topological polar surface area (TPSA) is 120 Å². The zero-order chi connectivity index (χ0) is 28.9. The molecule has 0 atom stereocenters. The van der Waals surface area contributed by atoms with Crippen LogP contribution in [0.25, 0.3) is 11.3 Å². The molecule has 0 aromatic heterocycles. The molecule has 212 valence electrons. The zero-order valence-electron chi connectivity index (χ0n) is 23.2. The monoisotopic (exact) mass is 554 g/mol. The van der Waals surface area contributed by atoms with E-state index in [1.54, 1.807) is 18.2 Å². The smallest absolute Gasteiger partial charge is 0.338 e. The average Bonchev–Trinajstić information content (AvgIpc) is 3.30. The molecule has 9 nitrogen and oxygen atoms in total. The number of aryl methyl sites for hydroxylation is 1. The highest BCUT2D eigenvalue weighted by Crippen LogP contribution is 2.39. The third-order valence-electron chi connectivity index (χ3n) is 7.51. The van der Waals surface area contributed by atoms with Crippen molar-refractivity contribution in [3.8, 4) is 0 Å². The highest BCUT2D eigenvalue weighted by atomic mass is 16.5. The molecule has 2 aliphatic rings. The van der Waals surface area contributed by atoms with E-state index in [1.165, 1.54) is 7.11 Å². The van der Waals surface area contributed by atoms with Crippen LogP contribution >= 0.6 is 0 Å². The number of fused-ring (bicyclic) bond motifs is 1. The van der Waals surface area contributed by atoms with Gasteiger partial charge in [0.2, 0.25) is 0 Å². The van der Waals surface area contributed by atoms with Crippen molar-refractivity contribution in [3.63, 3.8) is 0 Å². The number of aliphatic hydroxyl groups is 1. The summed E-state index contributed by atoms with van der Waals surface area (Å²) in [6, 6.07) is 20.1. The summed E-state index contributed by atoms with van der Waals surface area (Å²) in [6.45, 7) is 4.76. The van der Waals surface area contributed by atoms with E-state index < -0.39 is 5.97 Å². The van der Waals surface area contributed by atoms with Crippen LogP contribution in [0, 0.1) is 6.92 Å². The van der Waals surface area contributed by atoms with Gasteiger partial charge < -0.3 is 30.7 Å². The van der Waals surface area contributed by atoms with E-state index >= 15 is 0 Å². The summed E-state index contributed by atoms with van der Waals surface area (Å²) >= 11 is 0. The van der Waals surface area contributed by atoms with Crippen molar-refractivity contribution in [2.45, 2.75) is 25.9 Å². The third kappa shape index (κ3) is 6.32. The first-order chi connectivity index (χ1) is 19.8. The van der Waals surface area contributed by atoms with E-state index in [9.17, 15) is 19.5 Å². The lowest BCUT2D eigenvalue weighted by molar-refractivity contribution is -0.110. The first-order valence-corrected chi connectivity index (χ1v) is 13.7. The number of likely N-dealkylation sites (tertiary alicyclic amines) is 1. The molecule has 5 rings (SSSR count). The summed E-state index contributed by atoms with van der Waals surface area (Å²) in [5.41, 5.74) is 5.44. The van der Waals surface area contributed by atoms with Crippen molar-refractivity contribution in [2.24, 2.45) is 0 Å². The van der Waals surface area contributed by atoms with Crippen molar-refractivity contribution >= 4 is 40.4 Å². The number of carbonyl (C=O) groups excluding carboxylic acids is 3. The molecule has 2 amide bonds. The average molecular weight is 555 g/mol. The third-order valence-corrected chi connectivity index (χ3v) is 7.51. The molecule has 0 aliphatic carbocycles. The fourth-order valence-electron chi connectivity index (χ4n) is 5.21. The van der Waals surface area contributed by atoms with Gasteiger partial charge in [-0.2, -0.15) is 0 Å². The summed E-state index contributed by atoms with van der Waals surface area (Å²) in [5, 5.41) is 18.9. The highest BCUT2D eigenvalue weighted by molar-refractivity contribution is 6.37. The number of hydrogen-bond acceptors (Lipinski definition) is 7. The SMILES string of the molecule is COC(=O)c1cc2c(cc1C)/C(=C(/Nc1ccc(C(=O)NCCN3CCC(O)CC3)cc1)c1ccccc1)C(=O)N2. The Kier molecular flexibility index (Phi) is 8.47. The van der Waals surface area contributed by atoms with Crippen molar-refractivity contribution in [2.75, 3.05) is 43.9 Å². The van der Waals surface area contributed by atoms with Gasteiger partial charge in [-0.25, -0.2) is 4.79 Å². The quantitative estimate of drug-likeness (QED) is 0.246. The van der Waals surface area contributed by atoms with Crippen LogP contribution in [0.4, 0.5) is 11.4 Å².